The van der Waals surface area contributed by atoms with Crippen molar-refractivity contribution in [2.24, 2.45) is 0 Å². The number of sulfonamides is 1. The summed E-state index contributed by atoms with van der Waals surface area (Å²) >= 11 is 3.37. The molecule has 0 heterocycles. The van der Waals surface area contributed by atoms with Crippen LogP contribution in [0.4, 0.5) is 5.69 Å². The van der Waals surface area contributed by atoms with Gasteiger partial charge in [-0.1, -0.05) is 52.3 Å². The largest absolute Gasteiger partial charge is 0.494 e. The number of amides is 1. The van der Waals surface area contributed by atoms with Crippen LogP contribution in [0.1, 0.15) is 18.1 Å². The van der Waals surface area contributed by atoms with Crippen molar-refractivity contribution < 1.29 is 17.9 Å². The van der Waals surface area contributed by atoms with E-state index in [1.807, 2.05) is 43.3 Å². The number of hydrogen-bond donors (Lipinski definition) is 2. The van der Waals surface area contributed by atoms with Gasteiger partial charge in [0.25, 0.3) is 0 Å². The van der Waals surface area contributed by atoms with Crippen molar-refractivity contribution >= 4 is 37.5 Å². The number of anilines is 1. The highest BCUT2D eigenvalue weighted by molar-refractivity contribution is 9.10. The summed E-state index contributed by atoms with van der Waals surface area (Å²) in [5.41, 5.74) is 2.11. The van der Waals surface area contributed by atoms with Crippen LogP contribution in [-0.4, -0.2) is 27.0 Å². The van der Waals surface area contributed by atoms with Crippen molar-refractivity contribution in [3.05, 3.63) is 88.4 Å². The molecule has 1 atom stereocenters. The van der Waals surface area contributed by atoms with Crippen LogP contribution in [0.15, 0.2) is 82.2 Å². The molecule has 2 N–H and O–H groups in total. The third kappa shape index (κ3) is 6.41. The molecular weight excluding hydrogens is 492 g/mol. The van der Waals surface area contributed by atoms with E-state index in [0.717, 1.165) is 10.0 Å². The summed E-state index contributed by atoms with van der Waals surface area (Å²) in [6.07, 6.45) is 0.204. The van der Waals surface area contributed by atoms with E-state index in [9.17, 15) is 13.2 Å². The first-order chi connectivity index (χ1) is 15.3. The number of carbonyl (C=O) groups is 1. The van der Waals surface area contributed by atoms with Gasteiger partial charge in [0.05, 0.1) is 11.5 Å². The number of nitrogens with one attached hydrogen (secondary N) is 2. The summed E-state index contributed by atoms with van der Waals surface area (Å²) in [7, 11) is -3.95. The summed E-state index contributed by atoms with van der Waals surface area (Å²) in [4.78, 5) is 13.1. The van der Waals surface area contributed by atoms with Crippen molar-refractivity contribution in [3.8, 4) is 5.75 Å². The molecule has 3 rings (SSSR count). The first-order valence-electron chi connectivity index (χ1n) is 10.1. The van der Waals surface area contributed by atoms with Gasteiger partial charge in [0, 0.05) is 10.2 Å². The van der Waals surface area contributed by atoms with Crippen molar-refractivity contribution in [1.29, 1.82) is 0 Å². The molecule has 0 aliphatic heterocycles. The molecule has 0 unspecified atom stereocenters. The van der Waals surface area contributed by atoms with Gasteiger partial charge < -0.3 is 10.1 Å². The maximum atomic E-state index is 13.1. The summed E-state index contributed by atoms with van der Waals surface area (Å²) in [6.45, 7) is 4.13. The molecule has 3 aromatic carbocycles. The Bertz CT molecular complexity index is 1180. The first kappa shape index (κ1) is 24.0. The van der Waals surface area contributed by atoms with E-state index in [0.29, 0.717) is 23.6 Å². The number of carbonyl (C=O) groups excluding carboxylic acids is 1. The number of rotatable bonds is 9. The Balaban J connectivity index is 1.87. The minimum Gasteiger partial charge on any atom is -0.494 e. The van der Waals surface area contributed by atoms with Gasteiger partial charge in [-0.3, -0.25) is 4.79 Å². The van der Waals surface area contributed by atoms with Gasteiger partial charge >= 0.3 is 0 Å². The molecule has 1 amide bonds. The topological polar surface area (TPSA) is 84.5 Å². The van der Waals surface area contributed by atoms with Gasteiger partial charge in [-0.05, 0) is 67.8 Å². The normalized spacial score (nSPS) is 12.2. The monoisotopic (exact) mass is 516 g/mol. The quantitative estimate of drug-likeness (QED) is 0.432. The molecule has 32 heavy (non-hydrogen) atoms. The van der Waals surface area contributed by atoms with Crippen molar-refractivity contribution in [2.75, 3.05) is 11.9 Å². The van der Waals surface area contributed by atoms with Crippen LogP contribution in [0.2, 0.25) is 0 Å². The average Bonchev–Trinajstić information content (AvgIpc) is 2.75. The fraction of sp³-hybridized carbons (Fsp3) is 0.208. The fourth-order valence-electron chi connectivity index (χ4n) is 3.20. The molecule has 0 aliphatic carbocycles. The number of ether oxygens (including phenoxy) is 1. The zero-order chi connectivity index (χ0) is 23.1. The SMILES string of the molecule is CCOc1ccc(S(=O)(=O)N[C@H](Cc2ccccc2)C(=O)Nc2cccc(Br)c2)cc1C. The van der Waals surface area contributed by atoms with E-state index in [1.165, 1.54) is 6.07 Å². The number of hydrogen-bond acceptors (Lipinski definition) is 4. The molecule has 3 aromatic rings. The highest BCUT2D eigenvalue weighted by atomic mass is 79.9. The molecule has 6 nitrogen and oxygen atoms in total. The predicted octanol–water partition coefficient (Wildman–Crippen LogP) is 4.68. The Labute approximate surface area is 197 Å². The summed E-state index contributed by atoms with van der Waals surface area (Å²) < 4.78 is 35.1. The van der Waals surface area contributed by atoms with E-state index >= 15 is 0 Å². The molecule has 0 saturated heterocycles. The van der Waals surface area contributed by atoms with Crippen LogP contribution in [0.3, 0.4) is 0 Å². The smallest absolute Gasteiger partial charge is 0.242 e. The standard InChI is InChI=1S/C24H25BrN2O4S/c1-3-31-23-13-12-21(14-17(23)2)32(29,30)27-22(15-18-8-5-4-6-9-18)24(28)26-20-11-7-10-19(25)16-20/h4-14,16,22,27H,3,15H2,1-2H3,(H,26,28)/t22-/m1/s1. The summed E-state index contributed by atoms with van der Waals surface area (Å²) in [5, 5.41) is 2.80. The Hall–Kier alpha value is -2.68. The lowest BCUT2D eigenvalue weighted by Crippen LogP contribution is -2.45. The lowest BCUT2D eigenvalue weighted by molar-refractivity contribution is -0.117. The van der Waals surface area contributed by atoms with Crippen LogP contribution in [0, 0.1) is 6.92 Å². The van der Waals surface area contributed by atoms with Gasteiger partial charge in [0.1, 0.15) is 11.8 Å². The van der Waals surface area contributed by atoms with Crippen molar-refractivity contribution in [2.45, 2.75) is 31.2 Å². The van der Waals surface area contributed by atoms with Crippen molar-refractivity contribution in [3.63, 3.8) is 0 Å². The Kier molecular flexibility index (Phi) is 8.06. The van der Waals surface area contributed by atoms with Gasteiger partial charge in [0.15, 0.2) is 0 Å². The fourth-order valence-corrected chi connectivity index (χ4v) is 4.87. The second-order valence-electron chi connectivity index (χ2n) is 7.22. The molecule has 0 aliphatic rings. The highest BCUT2D eigenvalue weighted by Crippen LogP contribution is 2.22. The summed E-state index contributed by atoms with van der Waals surface area (Å²) in [6, 6.07) is 20.0. The van der Waals surface area contributed by atoms with Gasteiger partial charge in [-0.25, -0.2) is 8.42 Å². The number of aryl methyl sites for hydroxylation is 1. The second-order valence-corrected chi connectivity index (χ2v) is 9.85. The molecule has 0 saturated carbocycles. The number of halogens is 1. The Morgan fingerprint density at radius 2 is 1.78 bits per heavy atom. The third-order valence-electron chi connectivity index (χ3n) is 4.75. The first-order valence-corrected chi connectivity index (χ1v) is 12.4. The molecule has 0 aromatic heterocycles. The van der Waals surface area contributed by atoms with E-state index in [2.05, 4.69) is 26.0 Å². The van der Waals surface area contributed by atoms with E-state index < -0.39 is 22.0 Å². The molecule has 8 heteroatoms. The predicted molar refractivity (Wildman–Crippen MR) is 129 cm³/mol. The molecular formula is C24H25BrN2O4S. The minimum absolute atomic E-state index is 0.0757. The van der Waals surface area contributed by atoms with E-state index in [1.54, 1.807) is 37.3 Å². The number of benzene rings is 3. The molecule has 168 valence electrons. The summed E-state index contributed by atoms with van der Waals surface area (Å²) in [5.74, 6) is 0.179. The van der Waals surface area contributed by atoms with Gasteiger partial charge in [0.2, 0.25) is 15.9 Å². The third-order valence-corrected chi connectivity index (χ3v) is 6.71. The Morgan fingerprint density at radius 3 is 2.44 bits per heavy atom. The molecule has 0 fully saturated rings. The highest BCUT2D eigenvalue weighted by Gasteiger charge is 2.26. The van der Waals surface area contributed by atoms with Crippen LogP contribution in [0.5, 0.6) is 5.75 Å². The molecule has 0 radical (unpaired) electrons. The maximum Gasteiger partial charge on any atom is 0.242 e. The maximum absolute atomic E-state index is 13.1. The van der Waals surface area contributed by atoms with Crippen LogP contribution >= 0.6 is 15.9 Å². The zero-order valence-electron chi connectivity index (χ0n) is 17.8. The van der Waals surface area contributed by atoms with Crippen LogP contribution in [0.25, 0.3) is 0 Å². The average molecular weight is 517 g/mol. The van der Waals surface area contributed by atoms with Crippen LogP contribution in [-0.2, 0) is 21.2 Å². The van der Waals surface area contributed by atoms with E-state index in [4.69, 9.17) is 4.74 Å². The van der Waals surface area contributed by atoms with Crippen LogP contribution < -0.4 is 14.8 Å². The van der Waals surface area contributed by atoms with E-state index in [-0.39, 0.29) is 11.3 Å². The van der Waals surface area contributed by atoms with Gasteiger partial charge in [-0.15, -0.1) is 0 Å². The Morgan fingerprint density at radius 1 is 1.03 bits per heavy atom. The zero-order valence-corrected chi connectivity index (χ0v) is 20.2. The molecule has 0 bridgehead atoms. The lowest BCUT2D eigenvalue weighted by atomic mass is 10.1. The molecule has 0 spiro atoms. The minimum atomic E-state index is -3.95. The van der Waals surface area contributed by atoms with Gasteiger partial charge in [-0.2, -0.15) is 4.72 Å². The second kappa shape index (κ2) is 10.8. The lowest BCUT2D eigenvalue weighted by Gasteiger charge is -2.19. The van der Waals surface area contributed by atoms with Crippen molar-refractivity contribution in [1.82, 2.24) is 4.72 Å².